The third-order valence-electron chi connectivity index (χ3n) is 7.67. The molecule has 2 atom stereocenters. The number of rotatable bonds is 8. The van der Waals surface area contributed by atoms with Crippen LogP contribution in [0.2, 0.25) is 0 Å². The highest BCUT2D eigenvalue weighted by Gasteiger charge is 2.34. The fourth-order valence-electron chi connectivity index (χ4n) is 5.21. The van der Waals surface area contributed by atoms with Crippen molar-refractivity contribution >= 4 is 23.3 Å². The van der Waals surface area contributed by atoms with Gasteiger partial charge in [0.25, 0.3) is 5.91 Å². The zero-order chi connectivity index (χ0) is 29.5. The molecule has 0 radical (unpaired) electrons. The Kier molecular flexibility index (Phi) is 9.24. The van der Waals surface area contributed by atoms with Crippen LogP contribution >= 0.6 is 0 Å². The molecule has 1 fully saturated rings. The van der Waals surface area contributed by atoms with Gasteiger partial charge in [-0.25, -0.2) is 4.79 Å². The van der Waals surface area contributed by atoms with Crippen molar-refractivity contribution in [2.45, 2.75) is 39.0 Å². The molecule has 0 saturated carbocycles. The van der Waals surface area contributed by atoms with E-state index in [1.807, 2.05) is 110 Å². The first-order chi connectivity index (χ1) is 20.4. The third-order valence-corrected chi connectivity index (χ3v) is 7.67. The minimum Gasteiger partial charge on any atom is -0.481 e. The minimum atomic E-state index is -0.201. The summed E-state index contributed by atoms with van der Waals surface area (Å²) in [5.41, 5.74) is 4.15. The highest BCUT2D eigenvalue weighted by atomic mass is 16.5. The van der Waals surface area contributed by atoms with Crippen LogP contribution in [0.4, 0.5) is 16.2 Å². The normalized spacial score (nSPS) is 20.6. The lowest BCUT2D eigenvalue weighted by Gasteiger charge is -2.33. The van der Waals surface area contributed by atoms with E-state index in [4.69, 9.17) is 9.47 Å². The second-order valence-electron chi connectivity index (χ2n) is 10.6. The van der Waals surface area contributed by atoms with Crippen molar-refractivity contribution in [3.05, 3.63) is 120 Å². The lowest BCUT2D eigenvalue weighted by atomic mass is 10.1. The number of hydrogen-bond donors (Lipinski definition) is 1. The number of urea groups is 1. The number of benzene rings is 3. The number of nitrogens with zero attached hydrogens (tertiary/aromatic N) is 3. The molecule has 3 aromatic carbocycles. The molecule has 2 unspecified atom stereocenters. The Morgan fingerprint density at radius 2 is 1.74 bits per heavy atom. The van der Waals surface area contributed by atoms with E-state index >= 15 is 0 Å². The van der Waals surface area contributed by atoms with Crippen LogP contribution in [0.3, 0.4) is 0 Å². The average molecular weight is 567 g/mol. The first-order valence-corrected chi connectivity index (χ1v) is 14.3. The summed E-state index contributed by atoms with van der Waals surface area (Å²) in [4.78, 5) is 33.1. The molecule has 1 N–H and O–H groups in total. The van der Waals surface area contributed by atoms with Crippen molar-refractivity contribution in [2.24, 2.45) is 0 Å². The van der Waals surface area contributed by atoms with Gasteiger partial charge in [-0.05, 0) is 61.7 Å². The Hall–Kier alpha value is -4.56. The highest BCUT2D eigenvalue weighted by Crippen LogP contribution is 2.29. The van der Waals surface area contributed by atoms with Crippen molar-refractivity contribution in [1.82, 2.24) is 9.80 Å². The van der Waals surface area contributed by atoms with Gasteiger partial charge in [-0.3, -0.25) is 4.79 Å². The van der Waals surface area contributed by atoms with Gasteiger partial charge in [0.05, 0.1) is 18.5 Å². The van der Waals surface area contributed by atoms with E-state index in [-0.39, 0.29) is 36.5 Å². The molecule has 1 saturated heterocycles. The Labute approximate surface area is 247 Å². The molecule has 5 rings (SSSR count). The number of methoxy groups -OCH3 is 1. The highest BCUT2D eigenvalue weighted by molar-refractivity contribution is 6.05. The number of para-hydroxylation sites is 1. The van der Waals surface area contributed by atoms with Crippen molar-refractivity contribution in [1.29, 1.82) is 0 Å². The van der Waals surface area contributed by atoms with E-state index in [9.17, 15) is 9.59 Å². The Morgan fingerprint density at radius 3 is 2.48 bits per heavy atom. The zero-order valence-electron chi connectivity index (χ0n) is 24.4. The van der Waals surface area contributed by atoms with Gasteiger partial charge in [-0.1, -0.05) is 66.7 Å². The summed E-state index contributed by atoms with van der Waals surface area (Å²) in [6.07, 6.45) is 4.66. The van der Waals surface area contributed by atoms with Crippen molar-refractivity contribution in [3.63, 3.8) is 0 Å². The van der Waals surface area contributed by atoms with Gasteiger partial charge in [0.1, 0.15) is 6.61 Å². The van der Waals surface area contributed by atoms with E-state index in [1.54, 1.807) is 16.9 Å². The molecule has 8 heteroatoms. The molecule has 2 heterocycles. The SMILES string of the molecule is COC(C)c1cccc(NC(=O)N2CCN(C3=C(\OCc4ccccc4)C(=O)N(c4ccccc4)C(C)C\C=C\3)C2)c1. The van der Waals surface area contributed by atoms with E-state index in [2.05, 4.69) is 11.4 Å². The molecule has 3 aromatic rings. The average Bonchev–Trinajstić information content (AvgIpc) is 3.51. The van der Waals surface area contributed by atoms with Gasteiger partial charge < -0.3 is 29.5 Å². The largest absolute Gasteiger partial charge is 0.481 e. The maximum atomic E-state index is 14.2. The molecular formula is C34H38N4O4. The van der Waals surface area contributed by atoms with Crippen LogP contribution in [0.25, 0.3) is 0 Å². The summed E-state index contributed by atoms with van der Waals surface area (Å²) >= 11 is 0. The van der Waals surface area contributed by atoms with Gasteiger partial charge in [0.15, 0.2) is 0 Å². The number of nitrogens with one attached hydrogen (secondary N) is 1. The summed E-state index contributed by atoms with van der Waals surface area (Å²) in [5.74, 6) is 0.0741. The molecular weight excluding hydrogens is 528 g/mol. The number of hydrogen-bond acceptors (Lipinski definition) is 5. The fraction of sp³-hybridized carbons (Fsp3) is 0.294. The molecule has 0 spiro atoms. The van der Waals surface area contributed by atoms with E-state index in [0.717, 1.165) is 16.8 Å². The first-order valence-electron chi connectivity index (χ1n) is 14.3. The molecule has 42 heavy (non-hydrogen) atoms. The fourth-order valence-corrected chi connectivity index (χ4v) is 5.21. The van der Waals surface area contributed by atoms with Crippen molar-refractivity contribution < 1.29 is 19.1 Å². The summed E-state index contributed by atoms with van der Waals surface area (Å²) in [6, 6.07) is 26.9. The van der Waals surface area contributed by atoms with Crippen LogP contribution in [0, 0.1) is 0 Å². The molecule has 0 bridgehead atoms. The van der Waals surface area contributed by atoms with Crippen LogP contribution in [0.15, 0.2) is 109 Å². The number of ether oxygens (including phenoxy) is 2. The van der Waals surface area contributed by atoms with E-state index < -0.39 is 0 Å². The smallest absolute Gasteiger partial charge is 0.323 e. The number of carbonyl (C=O) groups is 2. The second kappa shape index (κ2) is 13.4. The standard InChI is InChI=1S/C34H38N4O4/c1-25-12-10-19-31(36-20-21-37(24-36)34(40)35-29-16-11-15-28(22-29)26(2)41-3)32(42-23-27-13-6-4-7-14-27)33(39)38(25)30-17-8-5-9-18-30/h4-11,13-19,22,25-26H,12,20-21,23-24H2,1-3H3,(H,35,40)/b19-10+,32-31-. The predicted molar refractivity (Wildman–Crippen MR) is 165 cm³/mol. The maximum absolute atomic E-state index is 14.2. The Morgan fingerprint density at radius 1 is 1.00 bits per heavy atom. The van der Waals surface area contributed by atoms with Gasteiger partial charge >= 0.3 is 6.03 Å². The van der Waals surface area contributed by atoms with Gasteiger partial charge in [0.2, 0.25) is 5.76 Å². The predicted octanol–water partition coefficient (Wildman–Crippen LogP) is 6.31. The van der Waals surface area contributed by atoms with Crippen LogP contribution in [-0.4, -0.2) is 54.6 Å². The number of amides is 3. The van der Waals surface area contributed by atoms with Gasteiger partial charge in [0, 0.05) is 37.6 Å². The van der Waals surface area contributed by atoms with Crippen molar-refractivity contribution in [3.8, 4) is 0 Å². The molecule has 2 aliphatic heterocycles. The molecule has 8 nitrogen and oxygen atoms in total. The van der Waals surface area contributed by atoms with Gasteiger partial charge in [-0.15, -0.1) is 0 Å². The number of allylic oxidation sites excluding steroid dienone is 1. The minimum absolute atomic E-state index is 0.0644. The summed E-state index contributed by atoms with van der Waals surface area (Å²) in [7, 11) is 1.66. The monoisotopic (exact) mass is 566 g/mol. The second-order valence-corrected chi connectivity index (χ2v) is 10.6. The van der Waals surface area contributed by atoms with E-state index in [0.29, 0.717) is 37.6 Å². The summed E-state index contributed by atoms with van der Waals surface area (Å²) < 4.78 is 11.8. The third kappa shape index (κ3) is 6.66. The molecule has 0 aliphatic carbocycles. The van der Waals surface area contributed by atoms with Crippen LogP contribution in [0.1, 0.15) is 37.5 Å². The zero-order valence-corrected chi connectivity index (χ0v) is 24.4. The lowest BCUT2D eigenvalue weighted by molar-refractivity contribution is -0.119. The Bertz CT molecular complexity index is 1440. The molecule has 0 aromatic heterocycles. The molecule has 2 aliphatic rings. The van der Waals surface area contributed by atoms with Crippen molar-refractivity contribution in [2.75, 3.05) is 37.1 Å². The number of carbonyl (C=O) groups excluding carboxylic acids is 2. The Balaban J connectivity index is 1.40. The lowest BCUT2D eigenvalue weighted by Crippen LogP contribution is -2.42. The van der Waals surface area contributed by atoms with Crippen LogP contribution in [-0.2, 0) is 20.9 Å². The quantitative estimate of drug-likeness (QED) is 0.346. The number of anilines is 2. The summed E-state index contributed by atoms with van der Waals surface area (Å²) in [6.45, 7) is 5.67. The molecule has 3 amide bonds. The topological polar surface area (TPSA) is 74.4 Å². The molecule has 218 valence electrons. The van der Waals surface area contributed by atoms with Crippen LogP contribution in [0.5, 0.6) is 0 Å². The first kappa shape index (κ1) is 29.0. The van der Waals surface area contributed by atoms with E-state index in [1.165, 1.54) is 0 Å². The van der Waals surface area contributed by atoms with Gasteiger partial charge in [-0.2, -0.15) is 0 Å². The maximum Gasteiger partial charge on any atom is 0.323 e. The van der Waals surface area contributed by atoms with Crippen LogP contribution < -0.4 is 10.2 Å². The summed E-state index contributed by atoms with van der Waals surface area (Å²) in [5, 5.41) is 3.01.